The minimum Gasteiger partial charge on any atom is -0.858 e. The number of aromatic nitrogens is 2. The molecule has 0 aliphatic rings. The van der Waals surface area contributed by atoms with E-state index < -0.39 is 0 Å². The molecule has 0 aliphatic heterocycles. The number of hydrogen-bond acceptors (Lipinski definition) is 4. The van der Waals surface area contributed by atoms with E-state index in [9.17, 15) is 5.11 Å². The van der Waals surface area contributed by atoms with Crippen molar-refractivity contribution >= 4 is 11.8 Å². The fraction of sp³-hybridized carbons (Fsp3) is 0.167. The van der Waals surface area contributed by atoms with Crippen LogP contribution in [0.4, 0.5) is 0 Å². The topological polar surface area (TPSA) is 48.8 Å². The van der Waals surface area contributed by atoms with Gasteiger partial charge in [0, 0.05) is 11.4 Å². The molecule has 1 heterocycles. The van der Waals surface area contributed by atoms with Crippen molar-refractivity contribution < 1.29 is 34.7 Å². The minimum atomic E-state index is -0.219. The Kier molecular flexibility index (Phi) is 5.98. The molecule has 0 saturated carbocycles. The van der Waals surface area contributed by atoms with E-state index in [1.165, 1.54) is 23.4 Å². The average Bonchev–Trinajstić information content (AvgIpc) is 2.27. The summed E-state index contributed by atoms with van der Waals surface area (Å²) in [6.07, 6.45) is 0. The van der Waals surface area contributed by atoms with Gasteiger partial charge in [-0.2, -0.15) is 0 Å². The third-order valence-electron chi connectivity index (χ3n) is 2.02. The second kappa shape index (κ2) is 7.01. The van der Waals surface area contributed by atoms with Crippen molar-refractivity contribution in [3.63, 3.8) is 0 Å². The number of hydrogen-bond donors (Lipinski definition) is 0. The molecule has 5 heteroatoms. The average molecular weight is 254 g/mol. The van der Waals surface area contributed by atoms with Crippen LogP contribution in [0.2, 0.25) is 0 Å². The number of benzene rings is 1. The number of rotatable bonds is 3. The zero-order chi connectivity index (χ0) is 11.4. The summed E-state index contributed by atoms with van der Waals surface area (Å²) in [4.78, 5) is 8.05. The maximum absolute atomic E-state index is 11.2. The van der Waals surface area contributed by atoms with E-state index in [1.807, 2.05) is 30.3 Å². The Balaban J connectivity index is 0.00000144. The molecule has 1 aromatic carbocycles. The third kappa shape index (κ3) is 4.68. The molecule has 0 saturated heterocycles. The Morgan fingerprint density at radius 1 is 1.18 bits per heavy atom. The maximum atomic E-state index is 11.2. The van der Waals surface area contributed by atoms with Crippen LogP contribution in [0.1, 0.15) is 11.3 Å². The van der Waals surface area contributed by atoms with Gasteiger partial charge in [0.05, 0.1) is 0 Å². The molecule has 0 spiro atoms. The van der Waals surface area contributed by atoms with Crippen LogP contribution < -0.4 is 34.7 Å². The summed E-state index contributed by atoms with van der Waals surface area (Å²) >= 11 is 1.48. The van der Waals surface area contributed by atoms with Crippen LogP contribution in [-0.4, -0.2) is 9.97 Å². The van der Waals surface area contributed by atoms with Crippen molar-refractivity contribution in [3.8, 4) is 5.88 Å². The molecule has 0 amide bonds. The molecule has 0 unspecified atom stereocenters. The molecular weight excluding hydrogens is 243 g/mol. The van der Waals surface area contributed by atoms with E-state index in [2.05, 4.69) is 9.97 Å². The van der Waals surface area contributed by atoms with Gasteiger partial charge in [-0.15, -0.1) is 0 Å². The molecule has 0 aliphatic carbocycles. The molecule has 0 N–H and O–H groups in total. The molecule has 82 valence electrons. The zero-order valence-electron chi connectivity index (χ0n) is 9.88. The van der Waals surface area contributed by atoms with Crippen molar-refractivity contribution in [2.75, 3.05) is 0 Å². The Morgan fingerprint density at radius 3 is 2.53 bits per heavy atom. The minimum absolute atomic E-state index is 0. The SMILES string of the molecule is Cc1cc([O-])nc(SCc2ccccc2)n1.[Na+]. The van der Waals surface area contributed by atoms with Gasteiger partial charge in [-0.3, -0.25) is 0 Å². The van der Waals surface area contributed by atoms with E-state index in [1.54, 1.807) is 6.92 Å². The first-order chi connectivity index (χ1) is 7.74. The second-order valence-electron chi connectivity index (χ2n) is 3.40. The molecule has 1 aromatic heterocycles. The van der Waals surface area contributed by atoms with Crippen LogP contribution in [0, 0.1) is 6.92 Å². The standard InChI is InChI=1S/C12H12N2OS.Na/c1-9-7-11(15)14-12(13-9)16-8-10-5-3-2-4-6-10;/h2-7H,8H2,1H3,(H,13,14,15);/q;+1/p-1. The van der Waals surface area contributed by atoms with Crippen LogP contribution in [0.15, 0.2) is 41.6 Å². The molecule has 0 radical (unpaired) electrons. The van der Waals surface area contributed by atoms with E-state index in [-0.39, 0.29) is 35.4 Å². The van der Waals surface area contributed by atoms with Crippen molar-refractivity contribution in [2.24, 2.45) is 0 Å². The van der Waals surface area contributed by atoms with Crippen LogP contribution in [0.25, 0.3) is 0 Å². The van der Waals surface area contributed by atoms with E-state index in [0.29, 0.717) is 5.16 Å². The molecule has 2 rings (SSSR count). The Morgan fingerprint density at radius 2 is 1.88 bits per heavy atom. The smallest absolute Gasteiger partial charge is 0.858 e. The number of thioether (sulfide) groups is 1. The molecule has 2 aromatic rings. The Bertz CT molecular complexity index is 459. The van der Waals surface area contributed by atoms with Gasteiger partial charge in [0.25, 0.3) is 0 Å². The van der Waals surface area contributed by atoms with Crippen molar-refractivity contribution in [2.45, 2.75) is 17.8 Å². The van der Waals surface area contributed by atoms with Crippen molar-refractivity contribution in [1.82, 2.24) is 9.97 Å². The quantitative estimate of drug-likeness (QED) is 0.407. The molecule has 3 nitrogen and oxygen atoms in total. The fourth-order valence-corrected chi connectivity index (χ4v) is 2.15. The summed E-state index contributed by atoms with van der Waals surface area (Å²) in [5.41, 5.74) is 1.92. The second-order valence-corrected chi connectivity index (χ2v) is 4.35. The van der Waals surface area contributed by atoms with E-state index in [4.69, 9.17) is 0 Å². The largest absolute Gasteiger partial charge is 1.00 e. The normalized spacial score (nSPS) is 9.71. The fourth-order valence-electron chi connectivity index (χ4n) is 1.30. The van der Waals surface area contributed by atoms with Gasteiger partial charge in [-0.25, -0.2) is 9.97 Å². The summed E-state index contributed by atoms with van der Waals surface area (Å²) in [6, 6.07) is 11.5. The molecule has 17 heavy (non-hydrogen) atoms. The van der Waals surface area contributed by atoms with Crippen molar-refractivity contribution in [3.05, 3.63) is 47.7 Å². The summed E-state index contributed by atoms with van der Waals surface area (Å²) in [6.45, 7) is 1.80. The first kappa shape index (κ1) is 14.5. The van der Waals surface area contributed by atoms with Crippen LogP contribution in [0.5, 0.6) is 5.88 Å². The van der Waals surface area contributed by atoms with Crippen LogP contribution in [-0.2, 0) is 5.75 Å². The van der Waals surface area contributed by atoms with Gasteiger partial charge in [-0.1, -0.05) is 42.1 Å². The van der Waals surface area contributed by atoms with E-state index >= 15 is 0 Å². The molecule has 0 atom stereocenters. The predicted molar refractivity (Wildman–Crippen MR) is 62.2 cm³/mol. The van der Waals surface area contributed by atoms with Gasteiger partial charge in [0.1, 0.15) is 0 Å². The van der Waals surface area contributed by atoms with E-state index in [0.717, 1.165) is 11.4 Å². The predicted octanol–water partition coefficient (Wildman–Crippen LogP) is -0.845. The van der Waals surface area contributed by atoms with Gasteiger partial charge in [-0.05, 0) is 24.4 Å². The summed E-state index contributed by atoms with van der Waals surface area (Å²) in [5, 5.41) is 11.7. The summed E-state index contributed by atoms with van der Waals surface area (Å²) < 4.78 is 0. The van der Waals surface area contributed by atoms with Gasteiger partial charge in [0.15, 0.2) is 5.16 Å². The Hall–Kier alpha value is -0.550. The summed E-state index contributed by atoms with van der Waals surface area (Å²) in [7, 11) is 0. The number of nitrogens with zero attached hydrogens (tertiary/aromatic N) is 2. The summed E-state index contributed by atoms with van der Waals surface area (Å²) in [5.74, 6) is 0.562. The molecule has 0 bridgehead atoms. The molecular formula is C12H11N2NaOS. The molecule has 0 fully saturated rings. The first-order valence-corrected chi connectivity index (χ1v) is 5.92. The monoisotopic (exact) mass is 254 g/mol. The van der Waals surface area contributed by atoms with Crippen LogP contribution >= 0.6 is 11.8 Å². The van der Waals surface area contributed by atoms with Crippen LogP contribution in [0.3, 0.4) is 0 Å². The number of aryl methyl sites for hydroxylation is 1. The maximum Gasteiger partial charge on any atom is 1.00 e. The van der Waals surface area contributed by atoms with Gasteiger partial charge < -0.3 is 5.11 Å². The van der Waals surface area contributed by atoms with Crippen molar-refractivity contribution in [1.29, 1.82) is 0 Å². The van der Waals surface area contributed by atoms with Gasteiger partial charge >= 0.3 is 29.6 Å². The zero-order valence-corrected chi connectivity index (χ0v) is 12.7. The third-order valence-corrected chi connectivity index (χ3v) is 2.94. The Labute approximate surface area is 127 Å². The first-order valence-electron chi connectivity index (χ1n) is 4.93. The van der Waals surface area contributed by atoms with Gasteiger partial charge in [0.2, 0.25) is 0 Å².